The molecule has 15 heteroatoms. The van der Waals surface area contributed by atoms with Gasteiger partial charge in [-0.15, -0.1) is 0 Å². The molecule has 35 heavy (non-hydrogen) atoms. The van der Waals surface area contributed by atoms with Crippen LogP contribution in [0.5, 0.6) is 0 Å². The normalized spacial score (nSPS) is 14.0. The monoisotopic (exact) mass is 501 g/mol. The maximum atomic E-state index is 12.7. The van der Waals surface area contributed by atoms with Crippen LogP contribution in [0.4, 0.5) is 0 Å². The zero-order chi connectivity index (χ0) is 27.0. The summed E-state index contributed by atoms with van der Waals surface area (Å²) in [6.45, 7) is 2.05. The third-order valence-electron chi connectivity index (χ3n) is 4.93. The van der Waals surface area contributed by atoms with E-state index in [1.807, 2.05) is 0 Å². The molecule has 0 rings (SSSR count). The van der Waals surface area contributed by atoms with Gasteiger partial charge >= 0.3 is 5.97 Å². The topological polar surface area (TPSA) is 284 Å². The van der Waals surface area contributed by atoms with Gasteiger partial charge in [0.25, 0.3) is 0 Å². The highest BCUT2D eigenvalue weighted by molar-refractivity contribution is 5.94. The van der Waals surface area contributed by atoms with Crippen LogP contribution >= 0.6 is 0 Å². The number of hydrogen-bond acceptors (Lipinski definition) is 8. The molecule has 0 aliphatic rings. The second-order valence-corrected chi connectivity index (χ2v) is 8.04. The second-order valence-electron chi connectivity index (χ2n) is 8.04. The molecule has 4 amide bonds. The van der Waals surface area contributed by atoms with Gasteiger partial charge in [-0.25, -0.2) is 4.79 Å². The van der Waals surface area contributed by atoms with Crippen molar-refractivity contribution in [2.45, 2.75) is 76.0 Å². The fraction of sp³-hybridized carbons (Fsp3) is 0.700. The van der Waals surface area contributed by atoms with E-state index in [4.69, 9.17) is 28.7 Å². The number of amides is 4. The number of primary amides is 1. The first-order chi connectivity index (χ1) is 16.4. The van der Waals surface area contributed by atoms with Crippen molar-refractivity contribution in [1.29, 1.82) is 0 Å². The van der Waals surface area contributed by atoms with Gasteiger partial charge < -0.3 is 49.7 Å². The summed E-state index contributed by atoms with van der Waals surface area (Å²) in [6, 6.07) is -4.44. The highest BCUT2D eigenvalue weighted by Gasteiger charge is 2.28. The number of nitrogens with one attached hydrogen (secondary N) is 3. The molecular formula is C20H39N9O6. The third-order valence-corrected chi connectivity index (χ3v) is 4.93. The molecule has 0 heterocycles. The maximum absolute atomic E-state index is 12.7. The minimum Gasteiger partial charge on any atom is -0.480 e. The second kappa shape index (κ2) is 17.0. The van der Waals surface area contributed by atoms with Crippen molar-refractivity contribution >= 4 is 35.6 Å². The van der Waals surface area contributed by atoms with Crippen LogP contribution in [-0.4, -0.2) is 77.9 Å². The van der Waals surface area contributed by atoms with E-state index in [-0.39, 0.29) is 31.6 Å². The number of carbonyl (C=O) groups is 5. The van der Waals surface area contributed by atoms with E-state index in [0.717, 1.165) is 0 Å². The number of rotatable bonds is 18. The number of carboxylic acids is 1. The largest absolute Gasteiger partial charge is 0.480 e. The Bertz CT molecular complexity index is 757. The van der Waals surface area contributed by atoms with Crippen molar-refractivity contribution in [2.75, 3.05) is 13.1 Å². The van der Waals surface area contributed by atoms with Crippen molar-refractivity contribution < 1.29 is 29.1 Å². The van der Waals surface area contributed by atoms with Crippen LogP contribution in [0.3, 0.4) is 0 Å². The fourth-order valence-electron chi connectivity index (χ4n) is 2.91. The summed E-state index contributed by atoms with van der Waals surface area (Å²) in [4.78, 5) is 64.0. The molecule has 0 bridgehead atoms. The zero-order valence-electron chi connectivity index (χ0n) is 20.0. The Balaban J connectivity index is 5.04. The summed E-state index contributed by atoms with van der Waals surface area (Å²) in [5.41, 5.74) is 26.8. The van der Waals surface area contributed by atoms with E-state index in [1.54, 1.807) is 0 Å². The van der Waals surface area contributed by atoms with Crippen molar-refractivity contribution in [1.82, 2.24) is 16.0 Å². The summed E-state index contributed by atoms with van der Waals surface area (Å²) in [5, 5.41) is 16.6. The van der Waals surface area contributed by atoms with Crippen LogP contribution in [0.15, 0.2) is 4.99 Å². The lowest BCUT2D eigenvalue weighted by Crippen LogP contribution is -2.56. The average Bonchev–Trinajstić information content (AvgIpc) is 2.77. The minimum atomic E-state index is -1.25. The van der Waals surface area contributed by atoms with Gasteiger partial charge in [-0.05, 0) is 52.0 Å². The Labute approximate surface area is 204 Å². The number of nitrogens with zero attached hydrogens (tertiary/aromatic N) is 1. The molecule has 0 aromatic carbocycles. The lowest BCUT2D eigenvalue weighted by molar-refractivity contribution is -0.142. The van der Waals surface area contributed by atoms with Crippen molar-refractivity contribution in [3.8, 4) is 0 Å². The summed E-state index contributed by atoms with van der Waals surface area (Å²) >= 11 is 0. The zero-order valence-corrected chi connectivity index (χ0v) is 20.0. The molecule has 200 valence electrons. The first-order valence-electron chi connectivity index (χ1n) is 11.3. The Morgan fingerprint density at radius 1 is 0.829 bits per heavy atom. The Morgan fingerprint density at radius 3 is 2.00 bits per heavy atom. The number of carbonyl (C=O) groups excluding carboxylic acids is 4. The minimum absolute atomic E-state index is 0.0755. The predicted molar refractivity (Wildman–Crippen MR) is 128 cm³/mol. The number of nitrogens with two attached hydrogens (primary N) is 5. The van der Waals surface area contributed by atoms with E-state index < -0.39 is 53.8 Å². The van der Waals surface area contributed by atoms with Crippen molar-refractivity contribution in [3.63, 3.8) is 0 Å². The number of carboxylic acid groups (broad SMARTS) is 1. The number of unbranched alkanes of at least 4 members (excludes halogenated alkanes) is 1. The molecule has 0 aliphatic heterocycles. The molecule has 0 aromatic heterocycles. The van der Waals surface area contributed by atoms with Crippen molar-refractivity contribution in [2.24, 2.45) is 33.7 Å². The number of aliphatic carboxylic acids is 1. The first kappa shape index (κ1) is 31.5. The Hall–Kier alpha value is -3.46. The number of aliphatic imine (C=N–C) groups is 1. The van der Waals surface area contributed by atoms with E-state index in [1.165, 1.54) is 6.92 Å². The highest BCUT2D eigenvalue weighted by atomic mass is 16.4. The first-order valence-corrected chi connectivity index (χ1v) is 11.3. The molecule has 0 saturated heterocycles. The summed E-state index contributed by atoms with van der Waals surface area (Å²) in [7, 11) is 0. The maximum Gasteiger partial charge on any atom is 0.326 e. The predicted octanol–water partition coefficient (Wildman–Crippen LogP) is -3.68. The van der Waals surface area contributed by atoms with E-state index in [2.05, 4.69) is 20.9 Å². The quantitative estimate of drug-likeness (QED) is 0.0503. The van der Waals surface area contributed by atoms with Crippen LogP contribution in [0.1, 0.15) is 51.9 Å². The molecule has 0 radical (unpaired) electrons. The van der Waals surface area contributed by atoms with Crippen LogP contribution in [0.2, 0.25) is 0 Å². The summed E-state index contributed by atoms with van der Waals surface area (Å²) in [5.74, 6) is -4.15. The smallest absolute Gasteiger partial charge is 0.326 e. The molecule has 0 aliphatic carbocycles. The molecule has 0 fully saturated rings. The molecule has 4 atom stereocenters. The molecule has 0 saturated carbocycles. The van der Waals surface area contributed by atoms with Gasteiger partial charge in [0.05, 0.1) is 6.04 Å². The van der Waals surface area contributed by atoms with Crippen LogP contribution in [0, 0.1) is 0 Å². The Kier molecular flexibility index (Phi) is 15.4. The van der Waals surface area contributed by atoms with Crippen LogP contribution in [0.25, 0.3) is 0 Å². The third kappa shape index (κ3) is 14.4. The van der Waals surface area contributed by atoms with E-state index in [9.17, 15) is 29.1 Å². The standard InChI is InChI=1S/C20H39N9O6/c1-11(27-17(32)12(22)5-4-10-26-20(24)25)16(31)28-13(7-8-15(23)30)18(33)29-14(19(34)35)6-2-3-9-21/h11-14H,2-10,21-22H2,1H3,(H2,23,30)(H,27,32)(H,28,31)(H,29,33)(H,34,35)(H4,24,25,26). The number of hydrogen-bond donors (Lipinski definition) is 9. The Morgan fingerprint density at radius 2 is 1.46 bits per heavy atom. The molecule has 0 spiro atoms. The van der Waals surface area contributed by atoms with Gasteiger partial charge in [0.2, 0.25) is 23.6 Å². The lowest BCUT2D eigenvalue weighted by Gasteiger charge is -2.23. The summed E-state index contributed by atoms with van der Waals surface area (Å²) in [6.07, 6.45) is 1.51. The van der Waals surface area contributed by atoms with Gasteiger partial charge in [0.1, 0.15) is 18.1 Å². The van der Waals surface area contributed by atoms with Crippen molar-refractivity contribution in [3.05, 3.63) is 0 Å². The fourth-order valence-corrected chi connectivity index (χ4v) is 2.91. The van der Waals surface area contributed by atoms with Gasteiger partial charge in [-0.1, -0.05) is 0 Å². The van der Waals surface area contributed by atoms with Crippen LogP contribution < -0.4 is 44.6 Å². The average molecular weight is 502 g/mol. The molecule has 15 nitrogen and oxygen atoms in total. The summed E-state index contributed by atoms with van der Waals surface area (Å²) < 4.78 is 0. The molecule has 14 N–H and O–H groups in total. The highest BCUT2D eigenvalue weighted by Crippen LogP contribution is 2.05. The van der Waals surface area contributed by atoms with E-state index in [0.29, 0.717) is 32.4 Å². The van der Waals surface area contributed by atoms with Gasteiger partial charge in [0, 0.05) is 13.0 Å². The van der Waals surface area contributed by atoms with Gasteiger partial charge in [0.15, 0.2) is 5.96 Å². The molecular weight excluding hydrogens is 462 g/mol. The molecule has 0 aromatic rings. The van der Waals surface area contributed by atoms with Crippen LogP contribution in [-0.2, 0) is 24.0 Å². The molecule has 4 unspecified atom stereocenters. The van der Waals surface area contributed by atoms with Gasteiger partial charge in [-0.3, -0.25) is 24.2 Å². The lowest BCUT2D eigenvalue weighted by atomic mass is 10.1. The SMILES string of the molecule is CC(NC(=O)C(N)CCCN=C(N)N)C(=O)NC(CCC(N)=O)C(=O)NC(CCCCN)C(=O)O. The van der Waals surface area contributed by atoms with Gasteiger partial charge in [-0.2, -0.15) is 0 Å². The van der Waals surface area contributed by atoms with E-state index >= 15 is 0 Å². The number of guanidine groups is 1.